The van der Waals surface area contributed by atoms with Crippen LogP contribution in [0.3, 0.4) is 0 Å². The normalized spacial score (nSPS) is 11.5. The van der Waals surface area contributed by atoms with Crippen molar-refractivity contribution in [3.8, 4) is 5.75 Å². The fourth-order valence-corrected chi connectivity index (χ4v) is 1.02. The summed E-state index contributed by atoms with van der Waals surface area (Å²) in [4.78, 5) is 0. The fraction of sp³-hybridized carbons (Fsp3) is 0.500. The van der Waals surface area contributed by atoms with Crippen molar-refractivity contribution in [2.45, 2.75) is 27.7 Å². The van der Waals surface area contributed by atoms with Crippen molar-refractivity contribution in [2.75, 3.05) is 6.61 Å². The molecule has 0 aliphatic rings. The first-order valence-corrected chi connectivity index (χ1v) is 4.77. The van der Waals surface area contributed by atoms with Crippen molar-refractivity contribution in [1.82, 2.24) is 0 Å². The molecule has 0 fully saturated rings. The largest absolute Gasteiger partial charge is 0.490 e. The molecule has 1 rings (SSSR count). The molecule has 0 aliphatic carbocycles. The lowest BCUT2D eigenvalue weighted by Crippen LogP contribution is -2.17. The number of rotatable bonds is 2. The number of ether oxygens (including phenoxy) is 1. The zero-order valence-corrected chi connectivity index (χ0v) is 9.23. The molecular weight excluding hydrogens is 179 g/mol. The average molecular weight is 196 g/mol. The van der Waals surface area contributed by atoms with Gasteiger partial charge in [-0.2, -0.15) is 0 Å². The summed E-state index contributed by atoms with van der Waals surface area (Å²) in [5.74, 6) is 0.0553. The highest BCUT2D eigenvalue weighted by atomic mass is 19.1. The zero-order valence-electron chi connectivity index (χ0n) is 9.23. The lowest BCUT2D eigenvalue weighted by molar-refractivity contribution is 0.191. The van der Waals surface area contributed by atoms with Gasteiger partial charge in [0.15, 0.2) is 11.6 Å². The van der Waals surface area contributed by atoms with Gasteiger partial charge in [0.05, 0.1) is 6.61 Å². The molecule has 0 aliphatic heterocycles. The molecule has 0 heterocycles. The first-order chi connectivity index (χ1) is 6.38. The van der Waals surface area contributed by atoms with E-state index in [0.29, 0.717) is 12.4 Å². The third-order valence-electron chi connectivity index (χ3n) is 1.75. The summed E-state index contributed by atoms with van der Waals surface area (Å²) in [6.45, 7) is 8.61. The number of hydrogen-bond donors (Lipinski definition) is 0. The smallest absolute Gasteiger partial charge is 0.165 e. The van der Waals surface area contributed by atoms with Gasteiger partial charge in [0.25, 0.3) is 0 Å². The Hall–Kier alpha value is -1.05. The second-order valence-electron chi connectivity index (χ2n) is 4.78. The third-order valence-corrected chi connectivity index (χ3v) is 1.75. The highest BCUT2D eigenvalue weighted by molar-refractivity contribution is 5.29. The van der Waals surface area contributed by atoms with Gasteiger partial charge in [-0.15, -0.1) is 0 Å². The van der Waals surface area contributed by atoms with Gasteiger partial charge in [-0.3, -0.25) is 0 Å². The lowest BCUT2D eigenvalue weighted by atomic mass is 9.99. The second-order valence-corrected chi connectivity index (χ2v) is 4.78. The molecule has 1 nitrogen and oxygen atoms in total. The highest BCUT2D eigenvalue weighted by Crippen LogP contribution is 2.21. The molecule has 0 saturated heterocycles. The van der Waals surface area contributed by atoms with Crippen molar-refractivity contribution in [3.63, 3.8) is 0 Å². The van der Waals surface area contributed by atoms with E-state index in [1.54, 1.807) is 12.1 Å². The van der Waals surface area contributed by atoms with Gasteiger partial charge < -0.3 is 4.74 Å². The van der Waals surface area contributed by atoms with Crippen molar-refractivity contribution in [3.05, 3.63) is 29.6 Å². The first kappa shape index (κ1) is 11.0. The Morgan fingerprint density at radius 3 is 2.50 bits per heavy atom. The van der Waals surface area contributed by atoms with Gasteiger partial charge >= 0.3 is 0 Å². The minimum absolute atomic E-state index is 0.0518. The Kier molecular flexibility index (Phi) is 3.14. The molecule has 0 amide bonds. The molecular formula is C12H17FO. The van der Waals surface area contributed by atoms with Crippen LogP contribution in [0.4, 0.5) is 4.39 Å². The van der Waals surface area contributed by atoms with E-state index in [-0.39, 0.29) is 11.2 Å². The van der Waals surface area contributed by atoms with E-state index in [9.17, 15) is 4.39 Å². The van der Waals surface area contributed by atoms with E-state index in [4.69, 9.17) is 4.74 Å². The summed E-state index contributed by atoms with van der Waals surface area (Å²) < 4.78 is 18.6. The molecule has 0 bridgehead atoms. The predicted octanol–water partition coefficient (Wildman–Crippen LogP) is 3.56. The first-order valence-electron chi connectivity index (χ1n) is 4.77. The molecule has 0 atom stereocenters. The molecule has 2 heteroatoms. The Morgan fingerprint density at radius 2 is 1.93 bits per heavy atom. The van der Waals surface area contributed by atoms with Crippen molar-refractivity contribution < 1.29 is 9.13 Å². The van der Waals surface area contributed by atoms with Gasteiger partial charge in [-0.1, -0.05) is 26.8 Å². The number of halogens is 1. The van der Waals surface area contributed by atoms with Crippen LogP contribution in [0.2, 0.25) is 0 Å². The zero-order chi connectivity index (χ0) is 10.8. The van der Waals surface area contributed by atoms with E-state index in [1.807, 2.05) is 6.92 Å². The maximum absolute atomic E-state index is 13.2. The van der Waals surface area contributed by atoms with Crippen LogP contribution in [0.5, 0.6) is 5.75 Å². The molecule has 0 radical (unpaired) electrons. The van der Waals surface area contributed by atoms with E-state index in [2.05, 4.69) is 20.8 Å². The Bertz CT molecular complexity index is 313. The summed E-state index contributed by atoms with van der Waals surface area (Å²) in [7, 11) is 0. The molecule has 0 unspecified atom stereocenters. The third kappa shape index (κ3) is 3.36. The molecule has 0 aromatic heterocycles. The molecule has 0 N–H and O–H groups in total. The number of aryl methyl sites for hydroxylation is 1. The van der Waals surface area contributed by atoms with Crippen LogP contribution in [0, 0.1) is 18.2 Å². The average Bonchev–Trinajstić information content (AvgIpc) is 2.05. The molecule has 0 saturated carbocycles. The van der Waals surface area contributed by atoms with Crippen LogP contribution in [0.15, 0.2) is 18.2 Å². The van der Waals surface area contributed by atoms with Crippen LogP contribution in [-0.4, -0.2) is 6.61 Å². The van der Waals surface area contributed by atoms with Gasteiger partial charge in [-0.25, -0.2) is 4.39 Å². The van der Waals surface area contributed by atoms with Crippen molar-refractivity contribution in [1.29, 1.82) is 0 Å². The Morgan fingerprint density at radius 1 is 1.29 bits per heavy atom. The van der Waals surface area contributed by atoms with Crippen LogP contribution >= 0.6 is 0 Å². The van der Waals surface area contributed by atoms with E-state index < -0.39 is 0 Å². The van der Waals surface area contributed by atoms with Crippen molar-refractivity contribution >= 4 is 0 Å². The number of hydrogen-bond acceptors (Lipinski definition) is 1. The van der Waals surface area contributed by atoms with Gasteiger partial charge in [-0.05, 0) is 30.0 Å². The maximum atomic E-state index is 13.2. The topological polar surface area (TPSA) is 9.23 Å². The molecule has 1 aromatic carbocycles. The summed E-state index contributed by atoms with van der Waals surface area (Å²) >= 11 is 0. The highest BCUT2D eigenvalue weighted by Gasteiger charge is 2.12. The molecule has 0 spiro atoms. The van der Waals surface area contributed by atoms with Gasteiger partial charge in [0, 0.05) is 0 Å². The van der Waals surface area contributed by atoms with E-state index in [0.717, 1.165) is 5.56 Å². The summed E-state index contributed by atoms with van der Waals surface area (Å²) in [5.41, 5.74) is 1.06. The quantitative estimate of drug-likeness (QED) is 0.702. The van der Waals surface area contributed by atoms with E-state index in [1.165, 1.54) is 6.07 Å². The molecule has 78 valence electrons. The Balaban J connectivity index is 2.72. The number of benzene rings is 1. The summed E-state index contributed by atoms with van der Waals surface area (Å²) in [5, 5.41) is 0. The Labute approximate surface area is 84.9 Å². The van der Waals surface area contributed by atoms with Crippen LogP contribution < -0.4 is 4.74 Å². The predicted molar refractivity (Wildman–Crippen MR) is 56.1 cm³/mol. The maximum Gasteiger partial charge on any atom is 0.165 e. The summed E-state index contributed by atoms with van der Waals surface area (Å²) in [6, 6.07) is 4.90. The van der Waals surface area contributed by atoms with E-state index >= 15 is 0 Å². The standard InChI is InChI=1S/C12H17FO/c1-9-5-6-10(13)11(7-9)14-8-12(2,3)4/h5-7H,8H2,1-4H3. The fourth-order valence-electron chi connectivity index (χ4n) is 1.02. The minimum Gasteiger partial charge on any atom is -0.490 e. The van der Waals surface area contributed by atoms with Crippen LogP contribution in [-0.2, 0) is 0 Å². The second kappa shape index (κ2) is 3.99. The van der Waals surface area contributed by atoms with Crippen LogP contribution in [0.1, 0.15) is 26.3 Å². The lowest BCUT2D eigenvalue weighted by Gasteiger charge is -2.19. The molecule has 1 aromatic rings. The van der Waals surface area contributed by atoms with Gasteiger partial charge in [0.2, 0.25) is 0 Å². The monoisotopic (exact) mass is 196 g/mol. The minimum atomic E-state index is -0.292. The van der Waals surface area contributed by atoms with Crippen molar-refractivity contribution in [2.24, 2.45) is 5.41 Å². The van der Waals surface area contributed by atoms with Crippen LogP contribution in [0.25, 0.3) is 0 Å². The molecule has 14 heavy (non-hydrogen) atoms. The summed E-state index contributed by atoms with van der Waals surface area (Å²) in [6.07, 6.45) is 0. The SMILES string of the molecule is Cc1ccc(F)c(OCC(C)(C)C)c1. The van der Waals surface area contributed by atoms with Gasteiger partial charge in [0.1, 0.15) is 0 Å².